The summed E-state index contributed by atoms with van der Waals surface area (Å²) in [5, 5.41) is 2.20. The zero-order chi connectivity index (χ0) is 57.2. The van der Waals surface area contributed by atoms with Gasteiger partial charge in [0.25, 0.3) is 0 Å². The summed E-state index contributed by atoms with van der Waals surface area (Å²) in [6, 6.07) is 80.3. The van der Waals surface area contributed by atoms with Crippen LogP contribution in [0.3, 0.4) is 0 Å². The fourth-order valence-electron chi connectivity index (χ4n) is 12.8. The van der Waals surface area contributed by atoms with E-state index in [0.717, 1.165) is 78.6 Å². The van der Waals surface area contributed by atoms with Crippen LogP contribution in [0.15, 0.2) is 217 Å². The van der Waals surface area contributed by atoms with Gasteiger partial charge in [0.15, 0.2) is 5.58 Å². The van der Waals surface area contributed by atoms with Crippen LogP contribution in [0.25, 0.3) is 55.3 Å². The summed E-state index contributed by atoms with van der Waals surface area (Å²) in [5.74, 6) is 0. The zero-order valence-corrected chi connectivity index (χ0v) is 50.0. The highest BCUT2D eigenvalue weighted by molar-refractivity contribution is 6.94. The summed E-state index contributed by atoms with van der Waals surface area (Å²) in [6.45, 7) is 29.6. The van der Waals surface area contributed by atoms with Gasteiger partial charge >= 0.3 is 6.85 Å². The maximum absolute atomic E-state index is 7.29. The first kappa shape index (κ1) is 52.8. The SMILES string of the molecule is Cc1ccccc1-c1cc2c3c(c1)N(c1ccc(C(C)(C)C)cc1-c1ccccc1)c1c(ccc4c1oc1ccccc14)B3N(c1ccc(C(C)(C)C)cc1)c1ccc(N(c3ccc(C(C)(C)C)cc3)c3ccc(C(C)(C)C)cc3)cc1-2. The second-order valence-electron chi connectivity index (χ2n) is 27.1. The lowest BCUT2D eigenvalue weighted by atomic mass is 9.43. The van der Waals surface area contributed by atoms with Crippen LogP contribution in [0.2, 0.25) is 0 Å². The summed E-state index contributed by atoms with van der Waals surface area (Å²) in [6.07, 6.45) is 0. The maximum Gasteiger partial charge on any atom is 0.333 e. The Hall–Kier alpha value is -8.54. The van der Waals surface area contributed by atoms with Gasteiger partial charge in [-0.2, -0.15) is 0 Å². The maximum atomic E-state index is 7.29. The molecule has 82 heavy (non-hydrogen) atoms. The van der Waals surface area contributed by atoms with Crippen molar-refractivity contribution in [3.8, 4) is 33.4 Å². The molecule has 0 N–H and O–H groups in total. The van der Waals surface area contributed by atoms with Gasteiger partial charge in [0.1, 0.15) is 5.58 Å². The van der Waals surface area contributed by atoms with Crippen LogP contribution >= 0.6 is 0 Å². The molecule has 0 unspecified atom stereocenters. The van der Waals surface area contributed by atoms with Crippen LogP contribution in [0, 0.1) is 6.92 Å². The van der Waals surface area contributed by atoms with Gasteiger partial charge in [-0.25, -0.2) is 0 Å². The molecule has 3 heterocycles. The molecule has 0 fully saturated rings. The molecule has 5 heteroatoms. The summed E-state index contributed by atoms with van der Waals surface area (Å²) >= 11 is 0. The fourth-order valence-corrected chi connectivity index (χ4v) is 12.8. The van der Waals surface area contributed by atoms with E-state index in [-0.39, 0.29) is 28.5 Å². The Morgan fingerprint density at radius 3 is 1.56 bits per heavy atom. The Bertz CT molecular complexity index is 4200. The number of furan rings is 1. The van der Waals surface area contributed by atoms with Crippen molar-refractivity contribution in [3.05, 3.63) is 240 Å². The molecule has 406 valence electrons. The van der Waals surface area contributed by atoms with E-state index in [9.17, 15) is 0 Å². The van der Waals surface area contributed by atoms with Crippen LogP contribution < -0.4 is 25.5 Å². The third-order valence-electron chi connectivity index (χ3n) is 17.4. The lowest BCUT2D eigenvalue weighted by Gasteiger charge is -2.46. The monoisotopic (exact) mass is 1070 g/mol. The Balaban J connectivity index is 1.16. The largest absolute Gasteiger partial charge is 0.454 e. The first-order valence-electron chi connectivity index (χ1n) is 29.4. The predicted molar refractivity (Wildman–Crippen MR) is 353 cm³/mol. The molecule has 0 atom stereocenters. The lowest BCUT2D eigenvalue weighted by molar-refractivity contribution is 0.590. The van der Waals surface area contributed by atoms with Crippen molar-refractivity contribution >= 4 is 85.2 Å². The molecule has 0 saturated heterocycles. The minimum Gasteiger partial charge on any atom is -0.454 e. The minimum atomic E-state index is -0.251. The standard InChI is InChI=1S/C77H74BN3O/c1-49-21-17-18-24-60(49)51-45-65-64-48-59(79(56-34-27-52(28-35-56)74(2,3)4)57-36-29-53(30-37-57)75(5,6)7)40-44-68(64)81(58-38-31-54(32-39-58)76(8,9)10)78-66-42-41-62-61-25-19-20-26-70(61)82-73(62)72(66)80(69(46-51)71(65)78)67-43-33-55(77(11,12)13)47-63(67)50-22-15-14-16-23-50/h14-48H,1-13H3. The van der Waals surface area contributed by atoms with Gasteiger partial charge in [-0.3, -0.25) is 0 Å². The topological polar surface area (TPSA) is 22.9 Å². The summed E-state index contributed by atoms with van der Waals surface area (Å²) in [4.78, 5) is 7.67. The zero-order valence-electron chi connectivity index (χ0n) is 50.0. The number of rotatable bonds is 7. The summed E-state index contributed by atoms with van der Waals surface area (Å²) in [5.41, 5.74) is 26.4. The summed E-state index contributed by atoms with van der Waals surface area (Å²) < 4.78 is 7.29. The number of benzene rings is 10. The van der Waals surface area contributed by atoms with Crippen molar-refractivity contribution in [2.45, 2.75) is 112 Å². The Labute approximate surface area is 486 Å². The number of para-hydroxylation sites is 1. The van der Waals surface area contributed by atoms with E-state index in [2.05, 4.69) is 317 Å². The third-order valence-corrected chi connectivity index (χ3v) is 17.4. The van der Waals surface area contributed by atoms with Gasteiger partial charge in [-0.15, -0.1) is 0 Å². The Morgan fingerprint density at radius 1 is 0.390 bits per heavy atom. The van der Waals surface area contributed by atoms with E-state index in [1.54, 1.807) is 0 Å². The van der Waals surface area contributed by atoms with Gasteiger partial charge in [-0.1, -0.05) is 210 Å². The molecule has 1 aromatic heterocycles. The van der Waals surface area contributed by atoms with Crippen LogP contribution in [0.1, 0.15) is 111 Å². The molecular weight excluding hydrogens is 994 g/mol. The molecule has 2 aliphatic rings. The van der Waals surface area contributed by atoms with Gasteiger partial charge in [0, 0.05) is 56.0 Å². The van der Waals surface area contributed by atoms with E-state index in [4.69, 9.17) is 4.42 Å². The molecule has 2 aliphatic heterocycles. The molecule has 4 nitrogen and oxygen atoms in total. The molecule has 0 aliphatic carbocycles. The van der Waals surface area contributed by atoms with Crippen LogP contribution in [-0.2, 0) is 21.7 Å². The first-order valence-corrected chi connectivity index (χ1v) is 29.4. The smallest absolute Gasteiger partial charge is 0.333 e. The van der Waals surface area contributed by atoms with Crippen LogP contribution in [-0.4, -0.2) is 6.85 Å². The van der Waals surface area contributed by atoms with Gasteiger partial charge in [-0.05, 0) is 175 Å². The van der Waals surface area contributed by atoms with Gasteiger partial charge in [0.2, 0.25) is 0 Å². The lowest BCUT2D eigenvalue weighted by Crippen LogP contribution is -2.61. The van der Waals surface area contributed by atoms with E-state index in [1.807, 2.05) is 0 Å². The number of nitrogens with zero attached hydrogens (tertiary/aromatic N) is 3. The van der Waals surface area contributed by atoms with Gasteiger partial charge < -0.3 is 19.0 Å². The van der Waals surface area contributed by atoms with Crippen LogP contribution in [0.5, 0.6) is 0 Å². The number of aryl methyl sites for hydroxylation is 1. The van der Waals surface area contributed by atoms with E-state index >= 15 is 0 Å². The van der Waals surface area contributed by atoms with Crippen molar-refractivity contribution in [1.82, 2.24) is 0 Å². The molecule has 0 bridgehead atoms. The molecular formula is C77H74BN3O. The van der Waals surface area contributed by atoms with Gasteiger partial charge in [0.05, 0.1) is 11.4 Å². The third kappa shape index (κ3) is 9.01. The normalized spacial score (nSPS) is 13.4. The van der Waals surface area contributed by atoms with Crippen LogP contribution in [0.4, 0.5) is 45.5 Å². The molecule has 0 radical (unpaired) electrons. The number of hydrogen-bond acceptors (Lipinski definition) is 4. The molecule has 10 aromatic carbocycles. The second kappa shape index (κ2) is 19.3. The predicted octanol–water partition coefficient (Wildman–Crippen LogP) is 20.6. The van der Waals surface area contributed by atoms with Crippen molar-refractivity contribution in [2.75, 3.05) is 14.6 Å². The first-order chi connectivity index (χ1) is 39.1. The number of fused-ring (bicyclic) bond motifs is 8. The average molecular weight is 1070 g/mol. The molecule has 0 amide bonds. The summed E-state index contributed by atoms with van der Waals surface area (Å²) in [7, 11) is 0. The fraction of sp³-hybridized carbons (Fsp3) is 0.221. The van der Waals surface area contributed by atoms with E-state index < -0.39 is 0 Å². The Kier molecular flexibility index (Phi) is 12.4. The van der Waals surface area contributed by atoms with Crippen molar-refractivity contribution in [3.63, 3.8) is 0 Å². The highest BCUT2D eigenvalue weighted by Crippen LogP contribution is 2.54. The van der Waals surface area contributed by atoms with Crippen molar-refractivity contribution in [1.29, 1.82) is 0 Å². The quantitative estimate of drug-likeness (QED) is 0.148. The number of anilines is 8. The highest BCUT2D eigenvalue weighted by Gasteiger charge is 2.47. The molecule has 13 rings (SSSR count). The Morgan fingerprint density at radius 2 is 0.939 bits per heavy atom. The molecule has 11 aromatic rings. The second-order valence-corrected chi connectivity index (χ2v) is 27.1. The van der Waals surface area contributed by atoms with E-state index in [1.165, 1.54) is 61.0 Å². The number of hydrogen-bond donors (Lipinski definition) is 0. The molecule has 0 spiro atoms. The molecule has 0 saturated carbocycles. The van der Waals surface area contributed by atoms with E-state index in [0.29, 0.717) is 0 Å². The minimum absolute atomic E-state index is 0.00894. The average Bonchev–Trinajstić information content (AvgIpc) is 4.02. The van der Waals surface area contributed by atoms with Crippen molar-refractivity contribution in [2.24, 2.45) is 0 Å². The van der Waals surface area contributed by atoms with Crippen molar-refractivity contribution < 1.29 is 4.42 Å². The highest BCUT2D eigenvalue weighted by atomic mass is 16.3.